The predicted octanol–water partition coefficient (Wildman–Crippen LogP) is 2.86. The number of thiophene rings is 1. The van der Waals surface area contributed by atoms with E-state index in [9.17, 15) is 14.9 Å². The zero-order chi connectivity index (χ0) is 14.5. The number of carbonyl (C=O) groups is 1. The van der Waals surface area contributed by atoms with Crippen molar-refractivity contribution in [2.24, 2.45) is 0 Å². The van der Waals surface area contributed by atoms with Crippen LogP contribution in [0.3, 0.4) is 0 Å². The van der Waals surface area contributed by atoms with Crippen LogP contribution < -0.4 is 4.74 Å². The molecule has 1 N–H and O–H groups in total. The van der Waals surface area contributed by atoms with Crippen molar-refractivity contribution in [2.45, 2.75) is 13.0 Å². The second kappa shape index (κ2) is 6.16. The van der Waals surface area contributed by atoms with E-state index in [4.69, 9.17) is 9.84 Å². The van der Waals surface area contributed by atoms with E-state index in [0.717, 1.165) is 5.56 Å². The third-order valence-corrected chi connectivity index (χ3v) is 3.46. The first kappa shape index (κ1) is 14.0. The Morgan fingerprint density at radius 2 is 2.00 bits per heavy atom. The topological polar surface area (TPSA) is 89.7 Å². The van der Waals surface area contributed by atoms with Crippen molar-refractivity contribution < 1.29 is 19.6 Å². The lowest BCUT2D eigenvalue weighted by atomic mass is 10.2. The highest BCUT2D eigenvalue weighted by molar-refractivity contribution is 7.10. The minimum absolute atomic E-state index is 0.0239. The SMILES string of the molecule is O=C(O)Cc1sccc1OCc1ccc([N+](=O)[O-])cc1. The first-order valence-corrected chi connectivity index (χ1v) is 6.58. The third-order valence-electron chi connectivity index (χ3n) is 2.56. The summed E-state index contributed by atoms with van der Waals surface area (Å²) in [6.45, 7) is 0.237. The van der Waals surface area contributed by atoms with Gasteiger partial charge < -0.3 is 9.84 Å². The molecule has 0 spiro atoms. The van der Waals surface area contributed by atoms with E-state index in [1.54, 1.807) is 23.6 Å². The molecule has 6 nitrogen and oxygen atoms in total. The van der Waals surface area contributed by atoms with Crippen LogP contribution in [-0.2, 0) is 17.8 Å². The number of nitrogens with zero attached hydrogens (tertiary/aromatic N) is 1. The van der Waals surface area contributed by atoms with Gasteiger partial charge in [-0.05, 0) is 29.1 Å². The molecule has 0 aliphatic carbocycles. The van der Waals surface area contributed by atoms with Gasteiger partial charge in [-0.1, -0.05) is 0 Å². The van der Waals surface area contributed by atoms with Crippen molar-refractivity contribution in [2.75, 3.05) is 0 Å². The van der Waals surface area contributed by atoms with Crippen LogP contribution in [0.4, 0.5) is 5.69 Å². The normalized spacial score (nSPS) is 10.2. The molecule has 0 saturated carbocycles. The molecule has 20 heavy (non-hydrogen) atoms. The summed E-state index contributed by atoms with van der Waals surface area (Å²) in [6.07, 6.45) is -0.0761. The Kier molecular flexibility index (Phi) is 4.31. The fourth-order valence-electron chi connectivity index (χ4n) is 1.60. The van der Waals surface area contributed by atoms with Crippen LogP contribution in [0.15, 0.2) is 35.7 Å². The van der Waals surface area contributed by atoms with Gasteiger partial charge >= 0.3 is 5.97 Å². The Morgan fingerprint density at radius 1 is 1.30 bits per heavy atom. The van der Waals surface area contributed by atoms with Crippen molar-refractivity contribution in [1.29, 1.82) is 0 Å². The van der Waals surface area contributed by atoms with E-state index in [2.05, 4.69) is 0 Å². The zero-order valence-corrected chi connectivity index (χ0v) is 11.1. The zero-order valence-electron chi connectivity index (χ0n) is 10.3. The molecular weight excluding hydrogens is 282 g/mol. The Bertz CT molecular complexity index is 620. The number of aliphatic carboxylic acids is 1. The second-order valence-electron chi connectivity index (χ2n) is 3.99. The molecule has 1 heterocycles. The van der Waals surface area contributed by atoms with Crippen LogP contribution in [0.5, 0.6) is 5.75 Å². The minimum Gasteiger partial charge on any atom is -0.488 e. The standard InChI is InChI=1S/C13H11NO5S/c15-13(16)7-12-11(5-6-20-12)19-8-9-1-3-10(4-2-9)14(17)18/h1-6H,7-8H2,(H,15,16). The van der Waals surface area contributed by atoms with E-state index in [1.807, 2.05) is 0 Å². The molecule has 104 valence electrons. The molecule has 2 rings (SSSR count). The van der Waals surface area contributed by atoms with Crippen molar-refractivity contribution in [3.8, 4) is 5.75 Å². The third kappa shape index (κ3) is 3.55. The lowest BCUT2D eigenvalue weighted by molar-refractivity contribution is -0.384. The highest BCUT2D eigenvalue weighted by Crippen LogP contribution is 2.26. The summed E-state index contributed by atoms with van der Waals surface area (Å²) in [5.74, 6) is -0.372. The van der Waals surface area contributed by atoms with E-state index < -0.39 is 10.9 Å². The molecule has 2 aromatic rings. The summed E-state index contributed by atoms with van der Waals surface area (Å²) in [6, 6.07) is 7.76. The maximum absolute atomic E-state index is 10.7. The van der Waals surface area contributed by atoms with Gasteiger partial charge in [0.25, 0.3) is 5.69 Å². The van der Waals surface area contributed by atoms with E-state index in [-0.39, 0.29) is 18.7 Å². The number of nitro benzene ring substituents is 1. The number of carboxylic acid groups (broad SMARTS) is 1. The first-order chi connectivity index (χ1) is 9.56. The number of non-ortho nitro benzene ring substituents is 1. The van der Waals surface area contributed by atoms with E-state index in [1.165, 1.54) is 23.5 Å². The predicted molar refractivity (Wildman–Crippen MR) is 73.1 cm³/mol. The van der Waals surface area contributed by atoms with Crippen molar-refractivity contribution in [1.82, 2.24) is 0 Å². The molecule has 1 aromatic carbocycles. The van der Waals surface area contributed by atoms with Gasteiger partial charge in [-0.15, -0.1) is 11.3 Å². The summed E-state index contributed by atoms with van der Waals surface area (Å²) in [7, 11) is 0. The fourth-order valence-corrected chi connectivity index (χ4v) is 2.40. The molecule has 0 bridgehead atoms. The van der Waals surface area contributed by atoms with Crippen LogP contribution in [0.2, 0.25) is 0 Å². The number of hydrogen-bond donors (Lipinski definition) is 1. The van der Waals surface area contributed by atoms with E-state index >= 15 is 0 Å². The molecule has 0 unspecified atom stereocenters. The summed E-state index contributed by atoms with van der Waals surface area (Å²) >= 11 is 1.32. The molecule has 0 aliphatic rings. The van der Waals surface area contributed by atoms with Crippen molar-refractivity contribution >= 4 is 23.0 Å². The Balaban J connectivity index is 2.00. The monoisotopic (exact) mass is 293 g/mol. The summed E-state index contributed by atoms with van der Waals surface area (Å²) < 4.78 is 5.54. The van der Waals surface area contributed by atoms with Crippen LogP contribution in [0.1, 0.15) is 10.4 Å². The minimum atomic E-state index is -0.910. The Labute approximate surface area is 118 Å². The second-order valence-corrected chi connectivity index (χ2v) is 4.99. The molecular formula is C13H11NO5S. The molecule has 0 aliphatic heterocycles. The molecule has 0 fully saturated rings. The summed E-state index contributed by atoms with van der Waals surface area (Å²) in [5.41, 5.74) is 0.805. The van der Waals surface area contributed by atoms with Crippen LogP contribution in [0.25, 0.3) is 0 Å². The Morgan fingerprint density at radius 3 is 2.60 bits per heavy atom. The van der Waals surface area contributed by atoms with Crippen molar-refractivity contribution in [3.05, 3.63) is 56.3 Å². The molecule has 1 aromatic heterocycles. The van der Waals surface area contributed by atoms with Crippen LogP contribution >= 0.6 is 11.3 Å². The quantitative estimate of drug-likeness (QED) is 0.653. The lowest BCUT2D eigenvalue weighted by Gasteiger charge is -2.06. The van der Waals surface area contributed by atoms with Crippen LogP contribution in [0, 0.1) is 10.1 Å². The molecule has 0 atom stereocenters. The van der Waals surface area contributed by atoms with E-state index in [0.29, 0.717) is 10.6 Å². The number of rotatable bonds is 6. The maximum Gasteiger partial charge on any atom is 0.308 e. The average molecular weight is 293 g/mol. The number of nitro groups is 1. The molecule has 0 radical (unpaired) electrons. The number of carboxylic acids is 1. The van der Waals surface area contributed by atoms with Gasteiger partial charge in [0.15, 0.2) is 0 Å². The molecule has 0 amide bonds. The van der Waals surface area contributed by atoms with Gasteiger partial charge in [-0.25, -0.2) is 0 Å². The summed E-state index contributed by atoms with van der Waals surface area (Å²) in [5, 5.41) is 21.1. The average Bonchev–Trinajstić information content (AvgIpc) is 2.83. The van der Waals surface area contributed by atoms with Gasteiger partial charge in [0.05, 0.1) is 16.2 Å². The summed E-state index contributed by atoms with van der Waals surface area (Å²) in [4.78, 5) is 21.4. The van der Waals surface area contributed by atoms with Gasteiger partial charge in [0.2, 0.25) is 0 Å². The smallest absolute Gasteiger partial charge is 0.308 e. The fraction of sp³-hybridized carbons (Fsp3) is 0.154. The van der Waals surface area contributed by atoms with Crippen LogP contribution in [-0.4, -0.2) is 16.0 Å². The Hall–Kier alpha value is -2.41. The van der Waals surface area contributed by atoms with Crippen molar-refractivity contribution in [3.63, 3.8) is 0 Å². The first-order valence-electron chi connectivity index (χ1n) is 5.70. The highest BCUT2D eigenvalue weighted by atomic mass is 32.1. The molecule has 7 heteroatoms. The number of hydrogen-bond acceptors (Lipinski definition) is 5. The number of ether oxygens (including phenoxy) is 1. The largest absolute Gasteiger partial charge is 0.488 e. The van der Waals surface area contributed by atoms with Gasteiger partial charge in [0.1, 0.15) is 12.4 Å². The van der Waals surface area contributed by atoms with Gasteiger partial charge in [-0.2, -0.15) is 0 Å². The highest BCUT2D eigenvalue weighted by Gasteiger charge is 2.10. The van der Waals surface area contributed by atoms with Gasteiger partial charge in [-0.3, -0.25) is 14.9 Å². The maximum atomic E-state index is 10.7. The van der Waals surface area contributed by atoms with Gasteiger partial charge in [0, 0.05) is 12.1 Å². The lowest BCUT2D eigenvalue weighted by Crippen LogP contribution is -2.01. The number of benzene rings is 1. The molecule has 0 saturated heterocycles.